The molecule has 0 spiro atoms. The molecular formula is C21H39N3O5S. The Kier molecular flexibility index (Phi) is 11.1. The van der Waals surface area contributed by atoms with Crippen molar-refractivity contribution >= 4 is 11.8 Å². The molecule has 0 aromatic carbocycles. The summed E-state index contributed by atoms with van der Waals surface area (Å²) in [5.74, 6) is 0. The van der Waals surface area contributed by atoms with Crippen molar-refractivity contribution in [3.63, 3.8) is 0 Å². The molecule has 1 fully saturated rings. The van der Waals surface area contributed by atoms with Crippen LogP contribution in [0.3, 0.4) is 0 Å². The highest BCUT2D eigenvalue weighted by molar-refractivity contribution is 7.99. The number of hydrogen-bond donors (Lipinski definition) is 4. The Balaban J connectivity index is 1.92. The summed E-state index contributed by atoms with van der Waals surface area (Å²) in [4.78, 5) is 0. The van der Waals surface area contributed by atoms with E-state index < -0.39 is 42.0 Å². The molecule has 0 bridgehead atoms. The SMILES string of the molecule is CCCCCCCCCCc1cn([C@@H]([C@H]2O[C@H](SC)[C@H](O)[C@@H](O)[C@H]2O)[C@@H](C)O)nn1. The molecule has 4 N–H and O–H groups in total. The highest BCUT2D eigenvalue weighted by Crippen LogP contribution is 2.33. The molecular weight excluding hydrogens is 406 g/mol. The number of unbranched alkanes of at least 4 members (excludes halogenated alkanes) is 7. The van der Waals surface area contributed by atoms with E-state index in [9.17, 15) is 20.4 Å². The van der Waals surface area contributed by atoms with Crippen molar-refractivity contribution < 1.29 is 25.2 Å². The Morgan fingerprint density at radius 3 is 2.27 bits per heavy atom. The van der Waals surface area contributed by atoms with Crippen LogP contribution in [0.2, 0.25) is 0 Å². The monoisotopic (exact) mass is 445 g/mol. The zero-order valence-electron chi connectivity index (χ0n) is 18.4. The van der Waals surface area contributed by atoms with Gasteiger partial charge in [0.25, 0.3) is 0 Å². The molecule has 0 unspecified atom stereocenters. The van der Waals surface area contributed by atoms with Crippen molar-refractivity contribution in [2.45, 2.75) is 114 Å². The Labute approximate surface area is 184 Å². The maximum atomic E-state index is 10.5. The van der Waals surface area contributed by atoms with Gasteiger partial charge in [-0.15, -0.1) is 16.9 Å². The molecule has 1 aromatic heterocycles. The fourth-order valence-corrected chi connectivity index (χ4v) is 4.69. The first-order chi connectivity index (χ1) is 14.4. The summed E-state index contributed by atoms with van der Waals surface area (Å²) in [6, 6.07) is -0.725. The first-order valence-electron chi connectivity index (χ1n) is 11.2. The minimum Gasteiger partial charge on any atom is -0.391 e. The molecule has 174 valence electrons. The third-order valence-electron chi connectivity index (χ3n) is 5.82. The molecule has 1 aromatic rings. The number of aliphatic hydroxyl groups is 4. The van der Waals surface area contributed by atoms with Crippen LogP contribution in [0, 0.1) is 0 Å². The van der Waals surface area contributed by atoms with Crippen molar-refractivity contribution in [2.24, 2.45) is 0 Å². The van der Waals surface area contributed by atoms with Crippen LogP contribution in [0.5, 0.6) is 0 Å². The Bertz CT molecular complexity index is 601. The van der Waals surface area contributed by atoms with Gasteiger partial charge < -0.3 is 25.2 Å². The molecule has 30 heavy (non-hydrogen) atoms. The maximum absolute atomic E-state index is 10.5. The number of aliphatic hydroxyl groups excluding tert-OH is 4. The van der Waals surface area contributed by atoms with Gasteiger partial charge in [0, 0.05) is 6.20 Å². The van der Waals surface area contributed by atoms with E-state index >= 15 is 0 Å². The van der Waals surface area contributed by atoms with E-state index in [2.05, 4.69) is 17.2 Å². The number of hydrogen-bond acceptors (Lipinski definition) is 8. The quantitative estimate of drug-likeness (QED) is 0.341. The smallest absolute Gasteiger partial charge is 0.132 e. The van der Waals surface area contributed by atoms with E-state index in [-0.39, 0.29) is 0 Å². The number of aromatic nitrogens is 3. The van der Waals surface area contributed by atoms with Gasteiger partial charge in [-0.25, -0.2) is 4.68 Å². The van der Waals surface area contributed by atoms with Gasteiger partial charge in [-0.2, -0.15) is 0 Å². The third-order valence-corrected chi connectivity index (χ3v) is 6.67. The van der Waals surface area contributed by atoms with Gasteiger partial charge in [-0.3, -0.25) is 0 Å². The summed E-state index contributed by atoms with van der Waals surface area (Å²) in [5.41, 5.74) is 0.133. The van der Waals surface area contributed by atoms with E-state index in [4.69, 9.17) is 4.74 Å². The van der Waals surface area contributed by atoms with Crippen LogP contribution in [-0.4, -0.2) is 77.6 Å². The minimum atomic E-state index is -1.36. The topological polar surface area (TPSA) is 121 Å². The highest BCUT2D eigenvalue weighted by Gasteiger charge is 2.48. The van der Waals surface area contributed by atoms with Crippen LogP contribution in [0.25, 0.3) is 0 Å². The fraction of sp³-hybridized carbons (Fsp3) is 0.905. The molecule has 0 radical (unpaired) electrons. The van der Waals surface area contributed by atoms with Crippen LogP contribution in [0.4, 0.5) is 0 Å². The molecule has 2 rings (SSSR count). The molecule has 0 saturated carbocycles. The maximum Gasteiger partial charge on any atom is 0.132 e. The lowest BCUT2D eigenvalue weighted by Gasteiger charge is -2.43. The minimum absolute atomic E-state index is 0.699. The lowest BCUT2D eigenvalue weighted by Crippen LogP contribution is -2.59. The molecule has 7 atom stereocenters. The van der Waals surface area contributed by atoms with Crippen LogP contribution < -0.4 is 0 Å². The second-order valence-corrected chi connectivity index (χ2v) is 9.26. The van der Waals surface area contributed by atoms with Crippen LogP contribution >= 0.6 is 11.8 Å². The van der Waals surface area contributed by atoms with Crippen LogP contribution in [0.15, 0.2) is 6.20 Å². The van der Waals surface area contributed by atoms with Crippen LogP contribution in [0.1, 0.15) is 76.9 Å². The summed E-state index contributed by atoms with van der Waals surface area (Å²) in [6.07, 6.45) is 8.54. The Hall–Kier alpha value is -0.710. The second-order valence-electron chi connectivity index (χ2n) is 8.32. The molecule has 0 amide bonds. The van der Waals surface area contributed by atoms with Crippen molar-refractivity contribution in [1.82, 2.24) is 15.0 Å². The Morgan fingerprint density at radius 2 is 1.67 bits per heavy atom. The molecule has 8 nitrogen and oxygen atoms in total. The summed E-state index contributed by atoms with van der Waals surface area (Å²) in [5, 5.41) is 49.5. The standard InChI is InChI=1S/C21H39N3O5S/c1-4-5-6-7-8-9-10-11-12-15-13-24(23-22-15)16(14(2)25)20-18(27)17(26)19(28)21(29-20)30-3/h13-14,16-21,25-28H,4-12H2,1-3H3/t14-,16-,17+,18-,19-,20-,21-/m1/s1. The van der Waals surface area contributed by atoms with Gasteiger partial charge in [-0.05, 0) is 26.0 Å². The van der Waals surface area contributed by atoms with Crippen LogP contribution in [-0.2, 0) is 11.2 Å². The summed E-state index contributed by atoms with van der Waals surface area (Å²) in [7, 11) is 0. The highest BCUT2D eigenvalue weighted by atomic mass is 32.2. The molecule has 1 aliphatic heterocycles. The first-order valence-corrected chi connectivity index (χ1v) is 12.5. The summed E-state index contributed by atoms with van der Waals surface area (Å²) in [6.45, 7) is 3.81. The van der Waals surface area contributed by atoms with E-state index in [0.29, 0.717) is 0 Å². The zero-order chi connectivity index (χ0) is 22.1. The van der Waals surface area contributed by atoms with Crippen molar-refractivity contribution in [2.75, 3.05) is 6.26 Å². The molecule has 1 saturated heterocycles. The number of thioether (sulfide) groups is 1. The fourth-order valence-electron chi connectivity index (χ4n) is 4.01. The van der Waals surface area contributed by atoms with E-state index in [1.807, 2.05) is 0 Å². The Morgan fingerprint density at radius 1 is 1.03 bits per heavy atom. The van der Waals surface area contributed by atoms with Crippen molar-refractivity contribution in [3.05, 3.63) is 11.9 Å². The van der Waals surface area contributed by atoms with E-state index in [1.165, 1.54) is 55.0 Å². The molecule has 9 heteroatoms. The van der Waals surface area contributed by atoms with Gasteiger partial charge in [0.2, 0.25) is 0 Å². The summed E-state index contributed by atoms with van der Waals surface area (Å²) < 4.78 is 7.34. The van der Waals surface area contributed by atoms with Gasteiger partial charge in [0.15, 0.2) is 0 Å². The first kappa shape index (κ1) is 25.5. The van der Waals surface area contributed by atoms with E-state index in [1.54, 1.807) is 19.4 Å². The number of nitrogens with zero attached hydrogens (tertiary/aromatic N) is 3. The van der Waals surface area contributed by atoms with Gasteiger partial charge in [0.1, 0.15) is 35.9 Å². The largest absolute Gasteiger partial charge is 0.391 e. The van der Waals surface area contributed by atoms with Crippen molar-refractivity contribution in [1.29, 1.82) is 0 Å². The van der Waals surface area contributed by atoms with Crippen molar-refractivity contribution in [3.8, 4) is 0 Å². The van der Waals surface area contributed by atoms with E-state index in [0.717, 1.165) is 25.0 Å². The zero-order valence-corrected chi connectivity index (χ0v) is 19.2. The number of aryl methyl sites for hydroxylation is 1. The lowest BCUT2D eigenvalue weighted by atomic mass is 9.92. The molecule has 0 aliphatic carbocycles. The van der Waals surface area contributed by atoms with Gasteiger partial charge in [0.05, 0.1) is 11.8 Å². The molecule has 1 aliphatic rings. The van der Waals surface area contributed by atoms with Gasteiger partial charge in [-0.1, -0.05) is 57.1 Å². The summed E-state index contributed by atoms with van der Waals surface area (Å²) >= 11 is 1.24. The average Bonchev–Trinajstić information content (AvgIpc) is 3.18. The second kappa shape index (κ2) is 13.0. The number of ether oxygens (including phenoxy) is 1. The third kappa shape index (κ3) is 6.90. The predicted molar refractivity (Wildman–Crippen MR) is 117 cm³/mol. The average molecular weight is 446 g/mol. The molecule has 2 heterocycles. The normalized spacial score (nSPS) is 29.1. The lowest BCUT2D eigenvalue weighted by molar-refractivity contribution is -0.216. The predicted octanol–water partition coefficient (Wildman–Crippen LogP) is 2.05. The number of rotatable bonds is 13. The van der Waals surface area contributed by atoms with Gasteiger partial charge >= 0.3 is 0 Å².